The van der Waals surface area contributed by atoms with Crippen molar-refractivity contribution in [3.05, 3.63) is 110 Å². The molecular formula is C32H21BrClN3O6. The molecule has 0 radical (unpaired) electrons. The van der Waals surface area contributed by atoms with Crippen LogP contribution >= 0.6 is 27.5 Å². The lowest BCUT2D eigenvalue weighted by Gasteiger charge is -2.14. The van der Waals surface area contributed by atoms with Gasteiger partial charge in [0.1, 0.15) is 12.2 Å². The first-order valence-electron chi connectivity index (χ1n) is 13.1. The molecule has 1 aliphatic rings. The third kappa shape index (κ3) is 5.19. The zero-order chi connectivity index (χ0) is 29.5. The zero-order valence-corrected chi connectivity index (χ0v) is 24.9. The van der Waals surface area contributed by atoms with E-state index in [1.807, 2.05) is 48.5 Å². The maximum absolute atomic E-state index is 13.7. The van der Waals surface area contributed by atoms with Crippen LogP contribution in [0, 0.1) is 0 Å². The second-order valence-electron chi connectivity index (χ2n) is 9.61. The summed E-state index contributed by atoms with van der Waals surface area (Å²) < 4.78 is 30.9. The summed E-state index contributed by atoms with van der Waals surface area (Å²) in [4.78, 5) is 18.5. The van der Waals surface area contributed by atoms with E-state index < -0.39 is 0 Å². The maximum atomic E-state index is 13.7. The Morgan fingerprint density at radius 3 is 2.79 bits per heavy atom. The molecule has 0 N–H and O–H groups in total. The van der Waals surface area contributed by atoms with Gasteiger partial charge in [-0.25, -0.2) is 4.98 Å². The third-order valence-corrected chi connectivity index (χ3v) is 7.56. The molecule has 7 rings (SSSR count). The molecule has 0 spiro atoms. The van der Waals surface area contributed by atoms with E-state index in [0.29, 0.717) is 55.8 Å². The molecule has 0 saturated heterocycles. The Morgan fingerprint density at radius 2 is 1.91 bits per heavy atom. The van der Waals surface area contributed by atoms with Crippen molar-refractivity contribution in [3.63, 3.8) is 0 Å². The first kappa shape index (κ1) is 27.1. The number of halogens is 2. The number of aromatic nitrogens is 2. The normalized spacial score (nSPS) is 12.4. The maximum Gasteiger partial charge on any atom is 0.282 e. The quantitative estimate of drug-likeness (QED) is 0.165. The van der Waals surface area contributed by atoms with E-state index in [4.69, 9.17) is 39.9 Å². The van der Waals surface area contributed by atoms with Crippen molar-refractivity contribution in [2.45, 2.75) is 6.61 Å². The van der Waals surface area contributed by atoms with Crippen LogP contribution < -0.4 is 24.5 Å². The molecule has 43 heavy (non-hydrogen) atoms. The summed E-state index contributed by atoms with van der Waals surface area (Å²) >= 11 is 9.92. The van der Waals surface area contributed by atoms with Gasteiger partial charge in [0.2, 0.25) is 12.6 Å². The van der Waals surface area contributed by atoms with Crippen molar-refractivity contribution in [2.75, 3.05) is 13.9 Å². The molecule has 0 unspecified atom stereocenters. The second kappa shape index (κ2) is 11.1. The molecule has 0 bridgehead atoms. The van der Waals surface area contributed by atoms with Crippen molar-refractivity contribution in [3.8, 4) is 34.6 Å². The fourth-order valence-corrected chi connectivity index (χ4v) is 5.41. The van der Waals surface area contributed by atoms with Gasteiger partial charge in [0, 0.05) is 26.5 Å². The third-order valence-electron chi connectivity index (χ3n) is 6.85. The fourth-order valence-electron chi connectivity index (χ4n) is 4.81. The molecule has 1 aliphatic heterocycles. The number of fused-ring (bicyclic) bond motifs is 3. The van der Waals surface area contributed by atoms with Crippen LogP contribution in [0.2, 0.25) is 5.02 Å². The number of furan rings is 1. The second-order valence-corrected chi connectivity index (χ2v) is 11.0. The lowest BCUT2D eigenvalue weighted by Crippen LogP contribution is -2.20. The van der Waals surface area contributed by atoms with Gasteiger partial charge in [-0.3, -0.25) is 4.79 Å². The molecule has 11 heteroatoms. The molecule has 2 aromatic heterocycles. The van der Waals surface area contributed by atoms with Crippen LogP contribution in [0.4, 0.5) is 0 Å². The van der Waals surface area contributed by atoms with Crippen molar-refractivity contribution >= 4 is 55.6 Å². The Kier molecular flexibility index (Phi) is 7.00. The molecular weight excluding hydrogens is 638 g/mol. The Morgan fingerprint density at radius 1 is 1.05 bits per heavy atom. The number of ether oxygens (including phenoxy) is 4. The smallest absolute Gasteiger partial charge is 0.282 e. The molecule has 0 aliphatic carbocycles. The van der Waals surface area contributed by atoms with Crippen LogP contribution in [0.15, 0.2) is 97.6 Å². The van der Waals surface area contributed by atoms with Gasteiger partial charge in [0.25, 0.3) is 5.56 Å². The average molecular weight is 659 g/mol. The van der Waals surface area contributed by atoms with Crippen LogP contribution in [0.1, 0.15) is 11.1 Å². The van der Waals surface area contributed by atoms with E-state index in [1.54, 1.807) is 30.3 Å². The summed E-state index contributed by atoms with van der Waals surface area (Å²) in [6, 6.07) is 23.5. The van der Waals surface area contributed by atoms with Crippen molar-refractivity contribution in [1.82, 2.24) is 9.66 Å². The summed E-state index contributed by atoms with van der Waals surface area (Å²) in [5.74, 6) is 2.76. The number of methoxy groups -OCH3 is 1. The predicted octanol–water partition coefficient (Wildman–Crippen LogP) is 7.42. The van der Waals surface area contributed by atoms with Crippen molar-refractivity contribution in [2.24, 2.45) is 5.10 Å². The van der Waals surface area contributed by atoms with Gasteiger partial charge in [-0.1, -0.05) is 45.7 Å². The highest BCUT2D eigenvalue weighted by Crippen LogP contribution is 2.37. The number of benzene rings is 4. The largest absolute Gasteiger partial charge is 0.493 e. The lowest BCUT2D eigenvalue weighted by atomic mass is 10.2. The summed E-state index contributed by atoms with van der Waals surface area (Å²) in [6.07, 6.45) is 1.49. The Labute approximate surface area is 258 Å². The monoisotopic (exact) mass is 657 g/mol. The lowest BCUT2D eigenvalue weighted by molar-refractivity contribution is 0.174. The van der Waals surface area contributed by atoms with E-state index in [2.05, 4.69) is 21.0 Å². The number of hydrogen-bond donors (Lipinski definition) is 0. The summed E-state index contributed by atoms with van der Waals surface area (Å²) in [5.41, 5.74) is 2.15. The van der Waals surface area contributed by atoms with E-state index in [9.17, 15) is 4.79 Å². The molecule has 214 valence electrons. The van der Waals surface area contributed by atoms with Crippen LogP contribution in [0.3, 0.4) is 0 Å². The highest BCUT2D eigenvalue weighted by Gasteiger charge is 2.19. The molecule has 4 aromatic carbocycles. The molecule has 0 atom stereocenters. The summed E-state index contributed by atoms with van der Waals surface area (Å²) in [7, 11) is 1.52. The van der Waals surface area contributed by atoms with Crippen molar-refractivity contribution < 1.29 is 23.4 Å². The number of para-hydroxylation sites is 1. The standard InChI is InChI=1S/C32H21BrClN3O6/c1-39-28-14-22(34)12-20(30(28)40-16-18-6-8-26-27(10-18)42-17-41-26)15-35-37-31(36-24-5-3-2-4-23(24)32(37)38)29-13-19-11-21(33)7-9-25(19)43-29/h2-15H,16-17H2,1H3. The van der Waals surface area contributed by atoms with E-state index in [1.165, 1.54) is 18.0 Å². The van der Waals surface area contributed by atoms with E-state index in [0.717, 1.165) is 15.4 Å². The van der Waals surface area contributed by atoms with Crippen LogP contribution in [0.25, 0.3) is 33.5 Å². The minimum absolute atomic E-state index is 0.182. The molecule has 3 heterocycles. The average Bonchev–Trinajstić information content (AvgIpc) is 3.66. The van der Waals surface area contributed by atoms with Crippen LogP contribution in [0.5, 0.6) is 23.0 Å². The van der Waals surface area contributed by atoms with Gasteiger partial charge in [-0.05, 0) is 60.2 Å². The number of hydrogen-bond acceptors (Lipinski definition) is 8. The highest BCUT2D eigenvalue weighted by atomic mass is 79.9. The van der Waals surface area contributed by atoms with Crippen LogP contribution in [-0.4, -0.2) is 29.8 Å². The molecule has 6 aromatic rings. The van der Waals surface area contributed by atoms with E-state index >= 15 is 0 Å². The molecule has 0 saturated carbocycles. The minimum Gasteiger partial charge on any atom is -0.493 e. The van der Waals surface area contributed by atoms with Gasteiger partial charge < -0.3 is 23.4 Å². The van der Waals surface area contributed by atoms with Crippen molar-refractivity contribution in [1.29, 1.82) is 0 Å². The number of nitrogens with zero attached hydrogens (tertiary/aromatic N) is 3. The van der Waals surface area contributed by atoms with Gasteiger partial charge in [0.15, 0.2) is 28.8 Å². The summed E-state index contributed by atoms with van der Waals surface area (Å²) in [6.45, 7) is 0.384. The Hall–Kier alpha value is -4.80. The van der Waals surface area contributed by atoms with Gasteiger partial charge in [0.05, 0.1) is 24.2 Å². The van der Waals surface area contributed by atoms with Gasteiger partial charge in [-0.15, -0.1) is 0 Å². The predicted molar refractivity (Wildman–Crippen MR) is 167 cm³/mol. The molecule has 0 fully saturated rings. The SMILES string of the molecule is COc1cc(Cl)cc(C=Nn2c(-c3cc4cc(Br)ccc4o3)nc3ccccc3c2=O)c1OCc1ccc2c(c1)OCO2. The first-order chi connectivity index (χ1) is 21.0. The van der Waals surface area contributed by atoms with E-state index in [-0.39, 0.29) is 24.8 Å². The Balaban J connectivity index is 1.32. The topological polar surface area (TPSA) is 97.3 Å². The summed E-state index contributed by atoms with van der Waals surface area (Å²) in [5, 5.41) is 6.25. The Bertz CT molecular complexity index is 2120. The highest BCUT2D eigenvalue weighted by molar-refractivity contribution is 9.10. The molecule has 9 nitrogen and oxygen atoms in total. The van der Waals surface area contributed by atoms with Gasteiger partial charge >= 0.3 is 0 Å². The van der Waals surface area contributed by atoms with Crippen LogP contribution in [-0.2, 0) is 6.61 Å². The fraction of sp³-hybridized carbons (Fsp3) is 0.0938. The first-order valence-corrected chi connectivity index (χ1v) is 14.3. The zero-order valence-electron chi connectivity index (χ0n) is 22.5. The molecule has 0 amide bonds. The number of rotatable bonds is 7. The van der Waals surface area contributed by atoms with Gasteiger partial charge in [-0.2, -0.15) is 9.78 Å². The minimum atomic E-state index is -0.365.